The average Bonchev–Trinajstić information content (AvgIpc) is 3.51. The maximum atomic E-state index is 12.5. The van der Waals surface area contributed by atoms with Crippen LogP contribution < -0.4 is 26.6 Å². The van der Waals surface area contributed by atoms with E-state index in [0.717, 1.165) is 25.9 Å². The molecule has 0 aromatic heterocycles. The van der Waals surface area contributed by atoms with Crippen molar-refractivity contribution in [1.82, 2.24) is 31.5 Å². The number of nitrogens with one attached hydrogen (secondary N) is 5. The number of carbonyl (C=O) groups is 1. The average molecular weight is 451 g/mol. The van der Waals surface area contributed by atoms with E-state index in [0.29, 0.717) is 24.8 Å². The molecule has 3 unspecified atom stereocenters. The number of rotatable bonds is 9. The lowest BCUT2D eigenvalue weighted by atomic mass is 9.93. The second-order valence-corrected chi connectivity index (χ2v) is 9.26. The first-order chi connectivity index (χ1) is 14.7. The van der Waals surface area contributed by atoms with Crippen molar-refractivity contribution in [2.24, 2.45) is 5.92 Å². The van der Waals surface area contributed by atoms with Crippen LogP contribution in [0.15, 0.2) is 0 Å². The summed E-state index contributed by atoms with van der Waals surface area (Å²) in [7, 11) is 4.11. The quantitative estimate of drug-likeness (QED) is 0.343. The molecule has 0 aromatic rings. The van der Waals surface area contributed by atoms with Gasteiger partial charge in [-0.1, -0.05) is 0 Å². The summed E-state index contributed by atoms with van der Waals surface area (Å²) in [5.74, 6) is 0.657. The van der Waals surface area contributed by atoms with Crippen molar-refractivity contribution >= 4 is 6.03 Å². The monoisotopic (exact) mass is 450 g/mol. The molecule has 2 aliphatic carbocycles. The predicted molar refractivity (Wildman–Crippen MR) is 111 cm³/mol. The van der Waals surface area contributed by atoms with Crippen LogP contribution >= 0.6 is 0 Å². The fraction of sp³-hybridized carbons (Fsp3) is 0.950. The van der Waals surface area contributed by atoms with E-state index in [1.54, 1.807) is 0 Å². The van der Waals surface area contributed by atoms with Gasteiger partial charge in [-0.2, -0.15) is 0 Å². The normalized spacial score (nSPS) is 32.1. The largest absolute Gasteiger partial charge is 0.522 e. The second kappa shape index (κ2) is 11.1. The van der Waals surface area contributed by atoms with Gasteiger partial charge in [0.25, 0.3) is 0 Å². The van der Waals surface area contributed by atoms with E-state index >= 15 is 0 Å². The van der Waals surface area contributed by atoms with E-state index in [9.17, 15) is 18.0 Å². The minimum Gasteiger partial charge on any atom is -0.335 e. The summed E-state index contributed by atoms with van der Waals surface area (Å²) in [5.41, 5.74) is 0. The van der Waals surface area contributed by atoms with Crippen molar-refractivity contribution < 1.29 is 22.7 Å². The van der Waals surface area contributed by atoms with Gasteiger partial charge in [0.1, 0.15) is 6.29 Å². The Bertz CT molecular complexity index is 568. The van der Waals surface area contributed by atoms with Crippen molar-refractivity contribution in [3.05, 3.63) is 0 Å². The highest BCUT2D eigenvalue weighted by Gasteiger charge is 2.38. The fourth-order valence-electron chi connectivity index (χ4n) is 4.45. The Morgan fingerprint density at radius 1 is 1.06 bits per heavy atom. The van der Waals surface area contributed by atoms with Gasteiger partial charge in [0.2, 0.25) is 0 Å². The molecule has 8 nitrogen and oxygen atoms in total. The van der Waals surface area contributed by atoms with Gasteiger partial charge < -0.3 is 20.9 Å². The number of nitrogens with zero attached hydrogens (tertiary/aromatic N) is 1. The zero-order valence-corrected chi connectivity index (χ0v) is 18.4. The predicted octanol–water partition coefficient (Wildman–Crippen LogP) is 1.65. The van der Waals surface area contributed by atoms with Crippen LogP contribution in [0.2, 0.25) is 0 Å². The molecule has 31 heavy (non-hydrogen) atoms. The van der Waals surface area contributed by atoms with Gasteiger partial charge in [-0.3, -0.25) is 15.4 Å². The highest BCUT2D eigenvalue weighted by atomic mass is 19.4. The zero-order valence-electron chi connectivity index (χ0n) is 18.4. The summed E-state index contributed by atoms with van der Waals surface area (Å²) in [6.45, 7) is 1.92. The van der Waals surface area contributed by atoms with Gasteiger partial charge in [-0.25, -0.2) is 4.79 Å². The smallest absolute Gasteiger partial charge is 0.335 e. The Labute approximate surface area is 182 Å². The zero-order chi connectivity index (χ0) is 22.4. The maximum Gasteiger partial charge on any atom is 0.522 e. The molecule has 1 saturated heterocycles. The Hall–Kier alpha value is -1.14. The number of halogens is 3. The van der Waals surface area contributed by atoms with Crippen LogP contribution in [0.25, 0.3) is 0 Å². The maximum absolute atomic E-state index is 12.5. The van der Waals surface area contributed by atoms with Gasteiger partial charge in [0.05, 0.1) is 12.3 Å². The first-order valence-electron chi connectivity index (χ1n) is 11.4. The molecule has 5 N–H and O–H groups in total. The molecule has 0 bridgehead atoms. The van der Waals surface area contributed by atoms with E-state index in [1.807, 2.05) is 0 Å². The molecule has 1 heterocycles. The molecule has 1 aliphatic heterocycles. The van der Waals surface area contributed by atoms with Crippen LogP contribution in [0, 0.1) is 5.92 Å². The number of amides is 2. The van der Waals surface area contributed by atoms with Crippen LogP contribution in [0.1, 0.15) is 51.4 Å². The van der Waals surface area contributed by atoms with E-state index in [4.69, 9.17) is 0 Å². The number of urea groups is 1. The minimum absolute atomic E-state index is 0.120. The van der Waals surface area contributed by atoms with Gasteiger partial charge in [-0.15, -0.1) is 13.2 Å². The Kier molecular flexibility index (Phi) is 8.80. The van der Waals surface area contributed by atoms with Crippen LogP contribution in [-0.2, 0) is 4.74 Å². The molecule has 2 saturated carbocycles. The number of hydrogen-bond acceptors (Lipinski definition) is 6. The summed E-state index contributed by atoms with van der Waals surface area (Å²) >= 11 is 0. The third-order valence-corrected chi connectivity index (χ3v) is 6.19. The summed E-state index contributed by atoms with van der Waals surface area (Å²) in [6.07, 6.45) is 0.310. The number of alkyl halides is 3. The Morgan fingerprint density at radius 2 is 1.77 bits per heavy atom. The van der Waals surface area contributed by atoms with Crippen LogP contribution in [0.5, 0.6) is 0 Å². The number of ether oxygens (including phenoxy) is 1. The van der Waals surface area contributed by atoms with Crippen molar-refractivity contribution in [2.45, 2.75) is 88.4 Å². The Morgan fingerprint density at radius 3 is 2.39 bits per heavy atom. The topological polar surface area (TPSA) is 89.7 Å². The van der Waals surface area contributed by atoms with Crippen molar-refractivity contribution in [3.63, 3.8) is 0 Å². The van der Waals surface area contributed by atoms with Gasteiger partial charge >= 0.3 is 12.4 Å². The van der Waals surface area contributed by atoms with Crippen LogP contribution in [-0.4, -0.2) is 75.1 Å². The molecule has 0 aromatic carbocycles. The SMILES string of the molecule is CN(C)CCCNC1CC(C2CC2)NC(NC(=O)NC2CCC(OC(F)(F)F)CC2)N1. The number of hydrogen-bond donors (Lipinski definition) is 5. The highest BCUT2D eigenvalue weighted by Crippen LogP contribution is 2.35. The minimum atomic E-state index is -4.60. The van der Waals surface area contributed by atoms with Crippen molar-refractivity contribution in [1.29, 1.82) is 0 Å². The van der Waals surface area contributed by atoms with Crippen molar-refractivity contribution in [3.8, 4) is 0 Å². The molecule has 3 aliphatic rings. The summed E-state index contributed by atoms with van der Waals surface area (Å²) in [4.78, 5) is 14.6. The van der Waals surface area contributed by atoms with E-state index in [1.165, 1.54) is 12.8 Å². The highest BCUT2D eigenvalue weighted by molar-refractivity contribution is 5.74. The van der Waals surface area contributed by atoms with Crippen LogP contribution in [0.4, 0.5) is 18.0 Å². The van der Waals surface area contributed by atoms with Gasteiger partial charge in [0.15, 0.2) is 0 Å². The molecule has 180 valence electrons. The third kappa shape index (κ3) is 9.09. The van der Waals surface area contributed by atoms with Gasteiger partial charge in [-0.05, 0) is 84.5 Å². The molecule has 3 rings (SSSR count). The third-order valence-electron chi connectivity index (χ3n) is 6.19. The molecule has 2 amide bonds. The van der Waals surface area contributed by atoms with Crippen molar-refractivity contribution in [2.75, 3.05) is 27.2 Å². The summed E-state index contributed by atoms with van der Waals surface area (Å²) < 4.78 is 41.1. The first-order valence-corrected chi connectivity index (χ1v) is 11.4. The molecule has 11 heteroatoms. The molecule has 0 spiro atoms. The summed E-state index contributed by atoms with van der Waals surface area (Å²) in [5, 5.41) is 16.3. The standard InChI is InChI=1S/C20H37F3N6O2/c1-29(2)11-3-10-24-17-12-16(13-4-5-13)26-18(27-17)28-19(30)25-14-6-8-15(9-7-14)31-20(21,22)23/h13-18,24,26-27H,3-12H2,1-2H3,(H2,25,28,30). The fourth-order valence-corrected chi connectivity index (χ4v) is 4.45. The molecule has 3 atom stereocenters. The summed E-state index contributed by atoms with van der Waals surface area (Å²) in [6, 6.07) is -0.100. The molecular weight excluding hydrogens is 413 g/mol. The van der Waals surface area contributed by atoms with Gasteiger partial charge in [0, 0.05) is 12.1 Å². The second-order valence-electron chi connectivity index (χ2n) is 9.26. The Balaban J connectivity index is 1.39. The molecule has 0 radical (unpaired) electrons. The lowest BCUT2D eigenvalue weighted by Crippen LogP contribution is -2.69. The van der Waals surface area contributed by atoms with Crippen LogP contribution in [0.3, 0.4) is 0 Å². The molecular formula is C20H37F3N6O2. The van der Waals surface area contributed by atoms with E-state index < -0.39 is 12.5 Å². The lowest BCUT2D eigenvalue weighted by Gasteiger charge is -2.39. The molecule has 3 fully saturated rings. The first kappa shape index (κ1) is 24.5. The van der Waals surface area contributed by atoms with E-state index in [-0.39, 0.29) is 37.4 Å². The van der Waals surface area contributed by atoms with E-state index in [2.05, 4.69) is 50.3 Å². The lowest BCUT2D eigenvalue weighted by molar-refractivity contribution is -0.345. The number of carbonyl (C=O) groups excluding carboxylic acids is 1.